The summed E-state index contributed by atoms with van der Waals surface area (Å²) in [4.78, 5) is 11.9. The molecule has 0 aliphatic heterocycles. The van der Waals surface area contributed by atoms with Crippen molar-refractivity contribution in [3.63, 3.8) is 0 Å². The van der Waals surface area contributed by atoms with Gasteiger partial charge in [-0.1, -0.05) is 23.3 Å². The van der Waals surface area contributed by atoms with Crippen LogP contribution < -0.4 is 5.43 Å². The zero-order chi connectivity index (χ0) is 17.0. The topological polar surface area (TPSA) is 70.7 Å². The van der Waals surface area contributed by atoms with E-state index in [1.165, 1.54) is 29.5 Å². The SMILES string of the molecule is CC(C)=CCCC(C)=CCc1c(O)cc(O)c2c(=O)ccoc12. The van der Waals surface area contributed by atoms with Crippen molar-refractivity contribution in [3.8, 4) is 11.5 Å². The molecule has 0 radical (unpaired) electrons. The number of benzene rings is 1. The molecule has 0 fully saturated rings. The van der Waals surface area contributed by atoms with Crippen molar-refractivity contribution < 1.29 is 14.6 Å². The summed E-state index contributed by atoms with van der Waals surface area (Å²) in [6.07, 6.45) is 7.82. The summed E-state index contributed by atoms with van der Waals surface area (Å²) in [5.74, 6) is -0.336. The van der Waals surface area contributed by atoms with Crippen LogP contribution in [-0.2, 0) is 6.42 Å². The lowest BCUT2D eigenvalue weighted by Crippen LogP contribution is -2.00. The van der Waals surface area contributed by atoms with E-state index in [2.05, 4.69) is 19.9 Å². The van der Waals surface area contributed by atoms with Crippen LogP contribution in [0.2, 0.25) is 0 Å². The Hall–Kier alpha value is -2.49. The molecule has 2 rings (SSSR count). The van der Waals surface area contributed by atoms with Crippen LogP contribution >= 0.6 is 0 Å². The zero-order valence-corrected chi connectivity index (χ0v) is 13.7. The Kier molecular flexibility index (Phi) is 5.27. The lowest BCUT2D eigenvalue weighted by molar-refractivity contribution is 0.447. The first-order chi connectivity index (χ1) is 10.9. The predicted molar refractivity (Wildman–Crippen MR) is 91.9 cm³/mol. The summed E-state index contributed by atoms with van der Waals surface area (Å²) in [6, 6.07) is 2.45. The molecule has 4 heteroatoms. The molecule has 1 aromatic carbocycles. The van der Waals surface area contributed by atoms with Gasteiger partial charge in [0.1, 0.15) is 22.5 Å². The molecule has 122 valence electrons. The van der Waals surface area contributed by atoms with Crippen LogP contribution in [0.1, 0.15) is 39.2 Å². The highest BCUT2D eigenvalue weighted by molar-refractivity contribution is 5.87. The zero-order valence-electron chi connectivity index (χ0n) is 13.7. The normalized spacial score (nSPS) is 11.7. The molecule has 0 aliphatic carbocycles. The third kappa shape index (κ3) is 4.03. The number of aromatic hydroxyl groups is 2. The number of phenolic OH excluding ortho intramolecular Hbond substituents is 2. The van der Waals surface area contributed by atoms with E-state index in [0.29, 0.717) is 12.0 Å². The quantitative estimate of drug-likeness (QED) is 0.800. The first kappa shape index (κ1) is 16.9. The predicted octanol–water partition coefficient (Wildman–Crippen LogP) is 4.44. The van der Waals surface area contributed by atoms with Crippen LogP contribution in [0.5, 0.6) is 11.5 Å². The van der Waals surface area contributed by atoms with Crippen molar-refractivity contribution in [2.75, 3.05) is 0 Å². The van der Waals surface area contributed by atoms with Crippen molar-refractivity contribution in [2.45, 2.75) is 40.0 Å². The molecule has 0 atom stereocenters. The highest BCUT2D eigenvalue weighted by atomic mass is 16.3. The van der Waals surface area contributed by atoms with E-state index >= 15 is 0 Å². The lowest BCUT2D eigenvalue weighted by atomic mass is 10.0. The van der Waals surface area contributed by atoms with Gasteiger partial charge in [0.25, 0.3) is 0 Å². The molecule has 1 heterocycles. The molecular weight excluding hydrogens is 292 g/mol. The number of phenols is 2. The third-order valence-electron chi connectivity index (χ3n) is 3.74. The minimum absolute atomic E-state index is 0.0716. The number of rotatable bonds is 5. The van der Waals surface area contributed by atoms with E-state index in [-0.39, 0.29) is 27.9 Å². The average molecular weight is 314 g/mol. The average Bonchev–Trinajstić information content (AvgIpc) is 2.46. The van der Waals surface area contributed by atoms with Gasteiger partial charge >= 0.3 is 0 Å². The van der Waals surface area contributed by atoms with E-state index in [1.54, 1.807) is 0 Å². The molecule has 2 aromatic rings. The van der Waals surface area contributed by atoms with Gasteiger partial charge in [-0.15, -0.1) is 0 Å². The van der Waals surface area contributed by atoms with E-state index in [1.807, 2.05) is 13.0 Å². The Morgan fingerprint density at radius 3 is 2.61 bits per heavy atom. The van der Waals surface area contributed by atoms with Crippen molar-refractivity contribution in [3.05, 3.63) is 57.5 Å². The maximum absolute atomic E-state index is 11.9. The van der Waals surface area contributed by atoms with Gasteiger partial charge in [-0.3, -0.25) is 4.79 Å². The van der Waals surface area contributed by atoms with Gasteiger partial charge in [0.15, 0.2) is 5.43 Å². The van der Waals surface area contributed by atoms with Gasteiger partial charge in [-0.05, 0) is 40.0 Å². The Morgan fingerprint density at radius 2 is 1.91 bits per heavy atom. The monoisotopic (exact) mass is 314 g/mol. The molecule has 2 N–H and O–H groups in total. The van der Waals surface area contributed by atoms with E-state index in [4.69, 9.17) is 4.42 Å². The summed E-state index contributed by atoms with van der Waals surface area (Å²) in [5, 5.41) is 20.0. The smallest absolute Gasteiger partial charge is 0.196 e. The van der Waals surface area contributed by atoms with Gasteiger partial charge in [0.05, 0.1) is 6.26 Å². The first-order valence-electron chi connectivity index (χ1n) is 7.64. The second kappa shape index (κ2) is 7.18. The molecule has 0 aliphatic rings. The van der Waals surface area contributed by atoms with Gasteiger partial charge in [0.2, 0.25) is 0 Å². The van der Waals surface area contributed by atoms with Crippen molar-refractivity contribution in [1.82, 2.24) is 0 Å². The molecule has 1 aromatic heterocycles. The largest absolute Gasteiger partial charge is 0.507 e. The fraction of sp³-hybridized carbons (Fsp3) is 0.316. The van der Waals surface area contributed by atoms with Crippen molar-refractivity contribution in [2.24, 2.45) is 0 Å². The maximum Gasteiger partial charge on any atom is 0.196 e. The van der Waals surface area contributed by atoms with Crippen LogP contribution in [0.15, 0.2) is 50.9 Å². The van der Waals surface area contributed by atoms with Gasteiger partial charge in [0, 0.05) is 17.7 Å². The van der Waals surface area contributed by atoms with Crippen LogP contribution in [0.3, 0.4) is 0 Å². The number of allylic oxidation sites excluding steroid dienone is 4. The molecule has 0 amide bonds. The molecule has 23 heavy (non-hydrogen) atoms. The van der Waals surface area contributed by atoms with Gasteiger partial charge in [-0.25, -0.2) is 0 Å². The lowest BCUT2D eigenvalue weighted by Gasteiger charge is -2.08. The van der Waals surface area contributed by atoms with Crippen LogP contribution in [-0.4, -0.2) is 10.2 Å². The molecule has 0 unspecified atom stereocenters. The first-order valence-corrected chi connectivity index (χ1v) is 7.64. The number of hydrogen-bond donors (Lipinski definition) is 2. The molecular formula is C19H22O4. The minimum atomic E-state index is -0.325. The van der Waals surface area contributed by atoms with Crippen LogP contribution in [0.4, 0.5) is 0 Å². The Labute approximate surface area is 135 Å². The van der Waals surface area contributed by atoms with Crippen molar-refractivity contribution in [1.29, 1.82) is 0 Å². The van der Waals surface area contributed by atoms with E-state index in [0.717, 1.165) is 12.8 Å². The fourth-order valence-corrected chi connectivity index (χ4v) is 2.45. The van der Waals surface area contributed by atoms with Crippen molar-refractivity contribution >= 4 is 11.0 Å². The second-order valence-electron chi connectivity index (χ2n) is 5.96. The van der Waals surface area contributed by atoms with E-state index in [9.17, 15) is 15.0 Å². The van der Waals surface area contributed by atoms with Crippen LogP contribution in [0.25, 0.3) is 11.0 Å². The van der Waals surface area contributed by atoms with Crippen LogP contribution in [0, 0.1) is 0 Å². The third-order valence-corrected chi connectivity index (χ3v) is 3.74. The Morgan fingerprint density at radius 1 is 1.17 bits per heavy atom. The Balaban J connectivity index is 2.32. The summed E-state index contributed by atoms with van der Waals surface area (Å²) in [7, 11) is 0. The highest BCUT2D eigenvalue weighted by Gasteiger charge is 2.15. The standard InChI is InChI=1S/C19H22O4/c1-12(2)5-4-6-13(3)7-8-14-16(21)11-17(22)18-15(20)9-10-23-19(14)18/h5,7,9-11,21-22H,4,6,8H2,1-3H3. The number of hydrogen-bond acceptors (Lipinski definition) is 4. The van der Waals surface area contributed by atoms with E-state index < -0.39 is 0 Å². The second-order valence-corrected chi connectivity index (χ2v) is 5.96. The molecule has 0 saturated carbocycles. The molecule has 0 saturated heterocycles. The maximum atomic E-state index is 11.9. The summed E-state index contributed by atoms with van der Waals surface area (Å²) in [5.41, 5.74) is 2.91. The molecule has 4 nitrogen and oxygen atoms in total. The molecule has 0 spiro atoms. The highest BCUT2D eigenvalue weighted by Crippen LogP contribution is 2.33. The Bertz CT molecular complexity index is 821. The fourth-order valence-electron chi connectivity index (χ4n) is 2.45. The van der Waals surface area contributed by atoms with Gasteiger partial charge < -0.3 is 14.6 Å². The number of fused-ring (bicyclic) bond motifs is 1. The summed E-state index contributed by atoms with van der Waals surface area (Å²) >= 11 is 0. The van der Waals surface area contributed by atoms with Gasteiger partial charge in [-0.2, -0.15) is 0 Å². The molecule has 0 bridgehead atoms. The minimum Gasteiger partial charge on any atom is -0.507 e. The summed E-state index contributed by atoms with van der Waals surface area (Å²) in [6.45, 7) is 6.18. The summed E-state index contributed by atoms with van der Waals surface area (Å²) < 4.78 is 5.37.